The van der Waals surface area contributed by atoms with Crippen molar-refractivity contribution in [3.8, 4) is 122 Å². The highest BCUT2D eigenvalue weighted by molar-refractivity contribution is 5.97. The number of rotatable bonds is 11. The maximum Gasteiger partial charge on any atom is 0.129 e. The molecule has 6 aromatic heterocycles. The van der Waals surface area contributed by atoms with Crippen molar-refractivity contribution < 1.29 is 8.78 Å². The van der Waals surface area contributed by atoms with E-state index in [1.54, 1.807) is 19.3 Å². The first-order valence-corrected chi connectivity index (χ1v) is 39.1. The van der Waals surface area contributed by atoms with Crippen molar-refractivity contribution in [1.82, 2.24) is 39.9 Å². The molecule has 118 heavy (non-hydrogen) atoms. The van der Waals surface area contributed by atoms with Gasteiger partial charge in [-0.25, -0.2) is 28.7 Å². The zero-order valence-corrected chi connectivity index (χ0v) is 66.6. The second-order valence-corrected chi connectivity index (χ2v) is 28.9. The highest BCUT2D eigenvalue weighted by Crippen LogP contribution is 2.36. The molecule has 0 radical (unpaired) electrons. The molecule has 0 bridgehead atoms. The fraction of sp³-hybridized carbons (Fsp3) is 0.0556. The van der Waals surface area contributed by atoms with Gasteiger partial charge < -0.3 is 0 Å². The van der Waals surface area contributed by atoms with Gasteiger partial charge in [0.1, 0.15) is 24.3 Å². The molecular formula is C108H86F2N8. The normalized spacial score (nSPS) is 10.5. The molecule has 0 aliphatic carbocycles. The molecule has 0 fully saturated rings. The van der Waals surface area contributed by atoms with Crippen LogP contribution in [0, 0.1) is 53.2 Å². The molecule has 0 spiro atoms. The SMILES string of the molecule is Cc1c(F)cc(F)cc1-c1ccccc1.Cc1cc(-c2ccccc2)cc(-c2ccc3ccccc3c2)c1.Cc1cc(-c2ccccc2)cc(-c2cccc3ccccc23)c1.Cc1cc(-c2cccnc2)cc(-c2cccnc2)c1.Cc1cc(-c2ccncc2)cc(-c2ccncc2)c1.Cc1cc(-c2cncnc2)cc(-c2cncnc2)c1. The molecule has 0 unspecified atom stereocenters. The monoisotopic (exact) mass is 1530 g/mol. The standard InChI is InChI=1S/2C23H18.2C17H14N2.C15H12N4.C13H10F2/c1-17-14-20(18-8-3-2-4-9-18)16-21(15-17)23-13-7-11-19-10-5-6-12-22(19)23;1-17-13-22(18-7-3-2-4-8-18)16-23(14-17)21-12-11-19-9-5-6-10-20(19)15-21;1-13-10-16(14-2-6-18-7-3-14)12-17(11-13)15-4-8-19-9-5-15;1-13-8-16(14-4-2-6-18-11-14)10-17(9-13)15-5-3-7-19-12-15;1-11-2-12(14-5-16-9-17-6-14)4-13(3-11)15-7-18-10-19-8-15;1-9-12(7-11(14)8-13(9)15)10-5-3-2-4-6-10/h2*2-16H,1H3;2*2-12H,1H3;2-10H,1H3;2-8H,1H3. The molecule has 0 saturated carbocycles. The molecule has 0 amide bonds. The van der Waals surface area contributed by atoms with Gasteiger partial charge in [0.15, 0.2) is 0 Å². The average Bonchev–Trinajstić information content (AvgIpc) is 0.798. The summed E-state index contributed by atoms with van der Waals surface area (Å²) in [6.45, 7) is 12.3. The first-order valence-electron chi connectivity index (χ1n) is 39.1. The van der Waals surface area contributed by atoms with Gasteiger partial charge in [-0.1, -0.05) is 243 Å². The van der Waals surface area contributed by atoms with E-state index in [9.17, 15) is 8.78 Å². The van der Waals surface area contributed by atoms with Crippen LogP contribution in [0.2, 0.25) is 0 Å². The van der Waals surface area contributed by atoms with E-state index < -0.39 is 11.6 Å². The van der Waals surface area contributed by atoms with Gasteiger partial charge in [-0.2, -0.15) is 0 Å². The third kappa shape index (κ3) is 21.3. The lowest BCUT2D eigenvalue weighted by Crippen LogP contribution is -1.90. The van der Waals surface area contributed by atoms with E-state index in [1.807, 2.05) is 129 Å². The Labute approximate surface area is 689 Å². The van der Waals surface area contributed by atoms with Crippen LogP contribution in [0.4, 0.5) is 8.78 Å². The van der Waals surface area contributed by atoms with Gasteiger partial charge in [-0.05, 0) is 275 Å². The number of aryl methyl sites for hydroxylation is 5. The van der Waals surface area contributed by atoms with Crippen molar-refractivity contribution in [3.05, 3.63) is 460 Å². The maximum absolute atomic E-state index is 13.3. The van der Waals surface area contributed by atoms with E-state index >= 15 is 0 Å². The molecular weight excluding hydrogens is 1450 g/mol. The number of pyridine rings is 4. The van der Waals surface area contributed by atoms with Crippen LogP contribution in [0.3, 0.4) is 0 Å². The maximum atomic E-state index is 13.3. The number of nitrogens with zero attached hydrogens (tertiary/aromatic N) is 8. The third-order valence-electron chi connectivity index (χ3n) is 20.0. The second kappa shape index (κ2) is 39.2. The molecule has 0 atom stereocenters. The van der Waals surface area contributed by atoms with Gasteiger partial charge in [0, 0.05) is 103 Å². The van der Waals surface area contributed by atoms with E-state index in [-0.39, 0.29) is 0 Å². The molecule has 10 heteroatoms. The average molecular weight is 1530 g/mol. The Hall–Kier alpha value is -15.0. The Balaban J connectivity index is 0.000000117. The number of hydrogen-bond acceptors (Lipinski definition) is 8. The van der Waals surface area contributed by atoms with Crippen LogP contribution in [0.25, 0.3) is 144 Å². The lowest BCUT2D eigenvalue weighted by atomic mass is 9.93. The van der Waals surface area contributed by atoms with Crippen molar-refractivity contribution in [3.63, 3.8) is 0 Å². The number of fused-ring (bicyclic) bond motifs is 2. The van der Waals surface area contributed by atoms with Crippen LogP contribution in [-0.4, -0.2) is 39.9 Å². The topological polar surface area (TPSA) is 103 Å². The minimum atomic E-state index is -0.544. The smallest absolute Gasteiger partial charge is 0.129 e. The molecule has 19 rings (SSSR count). The summed E-state index contributed by atoms with van der Waals surface area (Å²) in [6.07, 6.45) is 25.0. The van der Waals surface area contributed by atoms with Gasteiger partial charge >= 0.3 is 0 Å². The molecule has 0 saturated heterocycles. The lowest BCUT2D eigenvalue weighted by molar-refractivity contribution is 0.578. The Kier molecular flexibility index (Phi) is 26.4. The van der Waals surface area contributed by atoms with Crippen LogP contribution in [0.15, 0.2) is 415 Å². The fourth-order valence-electron chi connectivity index (χ4n) is 14.3. The van der Waals surface area contributed by atoms with Crippen LogP contribution in [-0.2, 0) is 0 Å². The summed E-state index contributed by atoms with van der Waals surface area (Å²) >= 11 is 0. The summed E-state index contributed by atoms with van der Waals surface area (Å²) in [5, 5.41) is 5.16. The van der Waals surface area contributed by atoms with Crippen molar-refractivity contribution in [2.75, 3.05) is 0 Å². The van der Waals surface area contributed by atoms with E-state index in [0.717, 1.165) is 45.0 Å². The molecule has 19 aromatic rings. The van der Waals surface area contributed by atoms with Crippen molar-refractivity contribution in [2.24, 2.45) is 0 Å². The highest BCUT2D eigenvalue weighted by atomic mass is 19.1. The summed E-state index contributed by atoms with van der Waals surface area (Å²) in [4.78, 5) is 32.7. The Bertz CT molecular complexity index is 6010. The minimum Gasteiger partial charge on any atom is -0.265 e. The molecule has 0 N–H and O–H groups in total. The van der Waals surface area contributed by atoms with E-state index in [0.29, 0.717) is 11.1 Å². The van der Waals surface area contributed by atoms with Crippen molar-refractivity contribution >= 4 is 21.5 Å². The predicted octanol–water partition coefficient (Wildman–Crippen LogP) is 28.1. The zero-order valence-electron chi connectivity index (χ0n) is 66.6. The quantitative estimate of drug-likeness (QED) is 0.126. The minimum absolute atomic E-state index is 0.475. The Morgan fingerprint density at radius 1 is 0.186 bits per heavy atom. The first kappa shape index (κ1) is 79.6. The van der Waals surface area contributed by atoms with Gasteiger partial charge in [-0.3, -0.25) is 19.9 Å². The molecule has 6 heterocycles. The lowest BCUT2D eigenvalue weighted by Gasteiger charge is -2.11. The van der Waals surface area contributed by atoms with Crippen LogP contribution < -0.4 is 0 Å². The van der Waals surface area contributed by atoms with Crippen molar-refractivity contribution in [2.45, 2.75) is 41.5 Å². The summed E-state index contributed by atoms with van der Waals surface area (Å²) in [7, 11) is 0. The third-order valence-corrected chi connectivity index (χ3v) is 20.0. The number of halogens is 2. The van der Waals surface area contributed by atoms with Gasteiger partial charge in [0.05, 0.1) is 0 Å². The van der Waals surface area contributed by atoms with E-state index in [1.165, 1.54) is 146 Å². The van der Waals surface area contributed by atoms with Crippen LogP contribution >= 0.6 is 0 Å². The first-order chi connectivity index (χ1) is 57.8. The molecule has 0 aliphatic heterocycles. The largest absolute Gasteiger partial charge is 0.265 e. The Morgan fingerprint density at radius 2 is 0.525 bits per heavy atom. The molecule has 8 nitrogen and oxygen atoms in total. The Morgan fingerprint density at radius 3 is 0.966 bits per heavy atom. The predicted molar refractivity (Wildman–Crippen MR) is 484 cm³/mol. The number of aromatic nitrogens is 8. The van der Waals surface area contributed by atoms with Gasteiger partial charge in [-0.15, -0.1) is 0 Å². The second-order valence-electron chi connectivity index (χ2n) is 28.9. The zero-order chi connectivity index (χ0) is 81.4. The van der Waals surface area contributed by atoms with Crippen LogP contribution in [0.1, 0.15) is 33.4 Å². The van der Waals surface area contributed by atoms with Gasteiger partial charge in [0.2, 0.25) is 0 Å². The summed E-state index contributed by atoms with van der Waals surface area (Å²) in [5.41, 5.74) is 32.0. The molecule has 13 aromatic carbocycles. The van der Waals surface area contributed by atoms with E-state index in [2.05, 4.69) is 323 Å². The summed E-state index contributed by atoms with van der Waals surface area (Å²) < 4.78 is 26.3. The number of benzene rings is 13. The van der Waals surface area contributed by atoms with Crippen molar-refractivity contribution in [1.29, 1.82) is 0 Å². The van der Waals surface area contributed by atoms with Gasteiger partial charge in [0.25, 0.3) is 0 Å². The summed E-state index contributed by atoms with van der Waals surface area (Å²) in [5.74, 6) is -1.05. The molecule has 572 valence electrons. The fourth-order valence-corrected chi connectivity index (χ4v) is 14.3. The summed E-state index contributed by atoms with van der Waals surface area (Å²) in [6, 6.07) is 112. The number of hydrogen-bond donors (Lipinski definition) is 0. The highest BCUT2D eigenvalue weighted by Gasteiger charge is 2.13. The van der Waals surface area contributed by atoms with E-state index in [4.69, 9.17) is 0 Å². The van der Waals surface area contributed by atoms with Crippen LogP contribution in [0.5, 0.6) is 0 Å². The molecule has 0 aliphatic rings.